The summed E-state index contributed by atoms with van der Waals surface area (Å²) in [5.74, 6) is 0. The van der Waals surface area contributed by atoms with Gasteiger partial charge in [0.05, 0.1) is 0 Å². The lowest BCUT2D eigenvalue weighted by molar-refractivity contribution is 1.21. The average molecular weight is 435 g/mol. The van der Waals surface area contributed by atoms with Crippen LogP contribution in [0.3, 0.4) is 0 Å². The van der Waals surface area contributed by atoms with Crippen molar-refractivity contribution in [3.8, 4) is 0 Å². The van der Waals surface area contributed by atoms with Crippen molar-refractivity contribution >= 4 is 56.6 Å². The molecule has 0 aliphatic rings. The molecule has 0 aliphatic heterocycles. The van der Waals surface area contributed by atoms with Crippen LogP contribution >= 0.6 is 45.2 Å². The van der Waals surface area contributed by atoms with Crippen molar-refractivity contribution in [2.45, 2.75) is 0 Å². The summed E-state index contributed by atoms with van der Waals surface area (Å²) in [6, 6.07) is 17.1. The van der Waals surface area contributed by atoms with Crippen LogP contribution in [-0.4, -0.2) is 7.05 Å². The molecule has 3 heteroatoms. The molecule has 0 N–H and O–H groups in total. The molecule has 0 atom stereocenters. The molecular weight excluding hydrogens is 424 g/mol. The molecule has 0 aromatic heterocycles. The van der Waals surface area contributed by atoms with Crippen LogP contribution in [0.25, 0.3) is 0 Å². The minimum Gasteiger partial charge on any atom is -0.345 e. The first-order valence-electron chi connectivity index (χ1n) is 4.92. The predicted molar refractivity (Wildman–Crippen MR) is 86.4 cm³/mol. The Morgan fingerprint density at radius 1 is 0.688 bits per heavy atom. The van der Waals surface area contributed by atoms with Crippen LogP contribution in [0, 0.1) is 7.14 Å². The summed E-state index contributed by atoms with van der Waals surface area (Å²) < 4.78 is 2.52. The summed E-state index contributed by atoms with van der Waals surface area (Å²) >= 11 is 4.64. The van der Waals surface area contributed by atoms with Crippen LogP contribution in [0.5, 0.6) is 0 Å². The van der Waals surface area contributed by atoms with E-state index < -0.39 is 0 Å². The minimum atomic E-state index is 1.21. The van der Waals surface area contributed by atoms with E-state index >= 15 is 0 Å². The fourth-order valence-electron chi connectivity index (χ4n) is 1.48. The standard InChI is InChI=1S/C13H11I2N/c1-16(12-6-2-10(14)3-7-12)13-8-4-11(15)5-9-13/h2-9H,1H3. The fraction of sp³-hybridized carbons (Fsp3) is 0.0769. The third kappa shape index (κ3) is 2.88. The van der Waals surface area contributed by atoms with Crippen molar-refractivity contribution in [1.82, 2.24) is 0 Å². The van der Waals surface area contributed by atoms with Gasteiger partial charge in [-0.1, -0.05) is 0 Å². The highest BCUT2D eigenvalue weighted by molar-refractivity contribution is 14.1. The normalized spacial score (nSPS) is 10.2. The smallest absolute Gasteiger partial charge is 0.0408 e. The van der Waals surface area contributed by atoms with Gasteiger partial charge in [0.15, 0.2) is 0 Å². The van der Waals surface area contributed by atoms with Crippen LogP contribution in [0.4, 0.5) is 11.4 Å². The Morgan fingerprint density at radius 3 is 1.31 bits per heavy atom. The molecule has 2 aromatic carbocycles. The van der Waals surface area contributed by atoms with Gasteiger partial charge in [0, 0.05) is 25.6 Å². The monoisotopic (exact) mass is 435 g/mol. The molecule has 0 fully saturated rings. The van der Waals surface area contributed by atoms with E-state index in [0.29, 0.717) is 0 Å². The van der Waals surface area contributed by atoms with Crippen LogP contribution in [-0.2, 0) is 0 Å². The predicted octanol–water partition coefficient (Wildman–Crippen LogP) is 4.66. The van der Waals surface area contributed by atoms with Gasteiger partial charge in [0.2, 0.25) is 0 Å². The number of rotatable bonds is 2. The molecule has 0 aliphatic carbocycles. The van der Waals surface area contributed by atoms with Gasteiger partial charge in [-0.2, -0.15) is 0 Å². The Morgan fingerprint density at radius 2 is 1.00 bits per heavy atom. The Labute approximate surface area is 123 Å². The summed E-state index contributed by atoms with van der Waals surface area (Å²) in [7, 11) is 2.09. The Kier molecular flexibility index (Phi) is 4.07. The maximum atomic E-state index is 2.32. The first kappa shape index (κ1) is 12.2. The largest absolute Gasteiger partial charge is 0.345 e. The van der Waals surface area contributed by atoms with Crippen LogP contribution in [0.1, 0.15) is 0 Å². The zero-order chi connectivity index (χ0) is 11.5. The highest BCUT2D eigenvalue weighted by Crippen LogP contribution is 2.24. The Bertz CT molecular complexity index is 417. The fourth-order valence-corrected chi connectivity index (χ4v) is 2.20. The second kappa shape index (κ2) is 5.35. The van der Waals surface area contributed by atoms with Crippen molar-refractivity contribution in [2.24, 2.45) is 0 Å². The number of benzene rings is 2. The molecule has 0 saturated heterocycles. The summed E-state index contributed by atoms with van der Waals surface area (Å²) in [5.41, 5.74) is 2.42. The highest BCUT2D eigenvalue weighted by Gasteiger charge is 2.02. The van der Waals surface area contributed by atoms with Crippen molar-refractivity contribution in [1.29, 1.82) is 0 Å². The van der Waals surface area contributed by atoms with E-state index in [9.17, 15) is 0 Å². The molecular formula is C13H11I2N. The number of nitrogens with zero attached hydrogens (tertiary/aromatic N) is 1. The molecule has 2 aromatic rings. The summed E-state index contributed by atoms with van der Waals surface area (Å²) in [4.78, 5) is 2.19. The summed E-state index contributed by atoms with van der Waals surface area (Å²) in [6.45, 7) is 0. The van der Waals surface area contributed by atoms with Crippen LogP contribution in [0.15, 0.2) is 48.5 Å². The molecule has 0 saturated carbocycles. The summed E-state index contributed by atoms with van der Waals surface area (Å²) in [6.07, 6.45) is 0. The number of hydrogen-bond acceptors (Lipinski definition) is 1. The molecule has 0 heterocycles. The quantitative estimate of drug-likeness (QED) is 0.621. The van der Waals surface area contributed by atoms with E-state index in [0.717, 1.165) is 0 Å². The molecule has 0 radical (unpaired) electrons. The summed E-state index contributed by atoms with van der Waals surface area (Å²) in [5, 5.41) is 0. The molecule has 2 rings (SSSR count). The van der Waals surface area contributed by atoms with E-state index in [-0.39, 0.29) is 0 Å². The third-order valence-corrected chi connectivity index (χ3v) is 3.87. The van der Waals surface area contributed by atoms with Crippen molar-refractivity contribution in [3.05, 3.63) is 55.7 Å². The zero-order valence-electron chi connectivity index (χ0n) is 8.82. The third-order valence-electron chi connectivity index (χ3n) is 2.43. The van der Waals surface area contributed by atoms with Gasteiger partial charge >= 0.3 is 0 Å². The second-order valence-corrected chi connectivity index (χ2v) is 6.00. The molecule has 0 amide bonds. The lowest BCUT2D eigenvalue weighted by atomic mass is 10.2. The van der Waals surface area contributed by atoms with Gasteiger partial charge < -0.3 is 4.90 Å². The zero-order valence-corrected chi connectivity index (χ0v) is 13.1. The van der Waals surface area contributed by atoms with Gasteiger partial charge in [-0.05, 0) is 93.7 Å². The van der Waals surface area contributed by atoms with Crippen LogP contribution in [0.2, 0.25) is 0 Å². The van der Waals surface area contributed by atoms with E-state index in [1.54, 1.807) is 0 Å². The van der Waals surface area contributed by atoms with Crippen LogP contribution < -0.4 is 4.90 Å². The molecule has 82 valence electrons. The first-order valence-corrected chi connectivity index (χ1v) is 7.07. The number of halogens is 2. The maximum absolute atomic E-state index is 2.32. The molecule has 0 bridgehead atoms. The Hall–Kier alpha value is -0.300. The van der Waals surface area contributed by atoms with Gasteiger partial charge in [0.25, 0.3) is 0 Å². The van der Waals surface area contributed by atoms with E-state index in [1.165, 1.54) is 18.5 Å². The minimum absolute atomic E-state index is 1.21. The van der Waals surface area contributed by atoms with Gasteiger partial charge in [-0.3, -0.25) is 0 Å². The topological polar surface area (TPSA) is 3.24 Å². The number of hydrogen-bond donors (Lipinski definition) is 0. The van der Waals surface area contributed by atoms with E-state index in [2.05, 4.69) is 106 Å². The Balaban J connectivity index is 2.28. The second-order valence-electron chi connectivity index (χ2n) is 3.51. The molecule has 16 heavy (non-hydrogen) atoms. The first-order chi connectivity index (χ1) is 7.66. The van der Waals surface area contributed by atoms with Crippen molar-refractivity contribution in [2.75, 3.05) is 11.9 Å². The lowest BCUT2D eigenvalue weighted by Crippen LogP contribution is -2.08. The molecule has 1 nitrogen and oxygen atoms in total. The van der Waals surface area contributed by atoms with Crippen molar-refractivity contribution < 1.29 is 0 Å². The van der Waals surface area contributed by atoms with Gasteiger partial charge in [-0.15, -0.1) is 0 Å². The SMILES string of the molecule is CN(c1ccc(I)cc1)c1ccc(I)cc1. The average Bonchev–Trinajstić information content (AvgIpc) is 2.30. The van der Waals surface area contributed by atoms with E-state index in [1.807, 2.05) is 0 Å². The van der Waals surface area contributed by atoms with Gasteiger partial charge in [0.1, 0.15) is 0 Å². The molecule has 0 spiro atoms. The molecule has 0 unspecified atom stereocenters. The lowest BCUT2D eigenvalue weighted by Gasteiger charge is -2.19. The highest BCUT2D eigenvalue weighted by atomic mass is 127. The number of anilines is 2. The maximum Gasteiger partial charge on any atom is 0.0408 e. The van der Waals surface area contributed by atoms with Gasteiger partial charge in [-0.25, -0.2) is 0 Å². The van der Waals surface area contributed by atoms with E-state index in [4.69, 9.17) is 0 Å². The van der Waals surface area contributed by atoms with Crippen molar-refractivity contribution in [3.63, 3.8) is 0 Å².